The van der Waals surface area contributed by atoms with E-state index in [1.54, 1.807) is 14.2 Å². The Morgan fingerprint density at radius 1 is 1.20 bits per heavy atom. The topological polar surface area (TPSA) is 45.7 Å². The summed E-state index contributed by atoms with van der Waals surface area (Å²) in [5.74, 6) is 1.87. The van der Waals surface area contributed by atoms with Crippen molar-refractivity contribution in [2.75, 3.05) is 39.6 Å². The average molecular weight is 295 g/mol. The predicted octanol–water partition coefficient (Wildman–Crippen LogP) is 2.29. The molecule has 0 unspecified atom stereocenters. The van der Waals surface area contributed by atoms with Crippen LogP contribution < -0.4 is 10.6 Å². The molecule has 0 saturated carbocycles. The van der Waals surface area contributed by atoms with E-state index in [0.29, 0.717) is 0 Å². The minimum absolute atomic E-state index is 0.771. The van der Waals surface area contributed by atoms with Gasteiger partial charge >= 0.3 is 0 Å². The molecular formula is C15H25N3OS. The summed E-state index contributed by atoms with van der Waals surface area (Å²) in [7, 11) is 3.51. The van der Waals surface area contributed by atoms with Gasteiger partial charge in [0.25, 0.3) is 0 Å². The van der Waals surface area contributed by atoms with E-state index in [-0.39, 0.29) is 0 Å². The number of aryl methyl sites for hydroxylation is 1. The lowest BCUT2D eigenvalue weighted by Gasteiger charge is -2.11. The minimum atomic E-state index is 0.771. The number of hydrogen-bond acceptors (Lipinski definition) is 3. The van der Waals surface area contributed by atoms with Crippen LogP contribution in [0.3, 0.4) is 0 Å². The van der Waals surface area contributed by atoms with Crippen molar-refractivity contribution in [1.82, 2.24) is 10.6 Å². The lowest BCUT2D eigenvalue weighted by Crippen LogP contribution is -2.39. The quantitative estimate of drug-likeness (QED) is 0.334. The number of guanidine groups is 1. The molecule has 0 amide bonds. The summed E-state index contributed by atoms with van der Waals surface area (Å²) in [6, 6.07) is 8.62. The van der Waals surface area contributed by atoms with Crippen LogP contribution in [-0.2, 0) is 4.74 Å². The lowest BCUT2D eigenvalue weighted by atomic mass is 10.2. The van der Waals surface area contributed by atoms with Crippen molar-refractivity contribution in [2.45, 2.75) is 18.2 Å². The molecule has 0 bridgehead atoms. The molecule has 0 aliphatic carbocycles. The summed E-state index contributed by atoms with van der Waals surface area (Å²) in [6.07, 6.45) is 0.981. The zero-order valence-electron chi connectivity index (χ0n) is 12.6. The summed E-state index contributed by atoms with van der Waals surface area (Å²) in [6.45, 7) is 4.64. The third-order valence-electron chi connectivity index (χ3n) is 2.73. The molecule has 0 atom stereocenters. The second kappa shape index (κ2) is 10.6. The Bertz CT molecular complexity index is 393. The van der Waals surface area contributed by atoms with E-state index in [0.717, 1.165) is 37.8 Å². The highest BCUT2D eigenvalue weighted by Gasteiger charge is 1.97. The summed E-state index contributed by atoms with van der Waals surface area (Å²) >= 11 is 1.85. The molecule has 20 heavy (non-hydrogen) atoms. The molecule has 1 aromatic carbocycles. The highest BCUT2D eigenvalue weighted by atomic mass is 32.2. The van der Waals surface area contributed by atoms with Gasteiger partial charge in [0.15, 0.2) is 5.96 Å². The summed E-state index contributed by atoms with van der Waals surface area (Å²) in [4.78, 5) is 5.49. The Labute approximate surface area is 126 Å². The van der Waals surface area contributed by atoms with Gasteiger partial charge in [-0.25, -0.2) is 0 Å². The third kappa shape index (κ3) is 7.40. The van der Waals surface area contributed by atoms with E-state index >= 15 is 0 Å². The van der Waals surface area contributed by atoms with Gasteiger partial charge in [-0.2, -0.15) is 0 Å². The highest BCUT2D eigenvalue weighted by Crippen LogP contribution is 2.17. The van der Waals surface area contributed by atoms with Gasteiger partial charge in [-0.15, -0.1) is 11.8 Å². The smallest absolute Gasteiger partial charge is 0.191 e. The Balaban J connectivity index is 2.13. The summed E-state index contributed by atoms with van der Waals surface area (Å²) < 4.78 is 5.01. The first-order valence-corrected chi connectivity index (χ1v) is 7.87. The second-order valence-electron chi connectivity index (χ2n) is 4.43. The number of rotatable bonds is 8. The molecule has 0 spiro atoms. The molecule has 2 N–H and O–H groups in total. The molecule has 4 nitrogen and oxygen atoms in total. The van der Waals surface area contributed by atoms with E-state index in [2.05, 4.69) is 46.8 Å². The maximum absolute atomic E-state index is 5.01. The number of ether oxygens (including phenoxy) is 1. The van der Waals surface area contributed by atoms with Crippen molar-refractivity contribution in [3.63, 3.8) is 0 Å². The fraction of sp³-hybridized carbons (Fsp3) is 0.533. The molecule has 0 heterocycles. The molecule has 1 rings (SSSR count). The first kappa shape index (κ1) is 16.9. The van der Waals surface area contributed by atoms with Gasteiger partial charge in [-0.05, 0) is 25.5 Å². The number of aliphatic imine (C=N–C) groups is 1. The first-order chi connectivity index (χ1) is 9.76. The molecule has 0 aliphatic heterocycles. The van der Waals surface area contributed by atoms with Gasteiger partial charge in [0, 0.05) is 44.5 Å². The monoisotopic (exact) mass is 295 g/mol. The standard InChI is InChI=1S/C15H25N3OS/c1-13-5-7-14(8-6-13)20-12-10-18-15(16-2)17-9-4-11-19-3/h5-8H,4,9-12H2,1-3H3,(H2,16,17,18). The lowest BCUT2D eigenvalue weighted by molar-refractivity contribution is 0.195. The number of methoxy groups -OCH3 is 1. The Morgan fingerprint density at radius 3 is 2.55 bits per heavy atom. The first-order valence-electron chi connectivity index (χ1n) is 6.89. The number of hydrogen-bond donors (Lipinski definition) is 2. The molecule has 112 valence electrons. The molecule has 0 saturated heterocycles. The molecule has 1 aromatic rings. The van der Waals surface area contributed by atoms with E-state index in [1.165, 1.54) is 10.5 Å². The van der Waals surface area contributed by atoms with E-state index < -0.39 is 0 Å². The van der Waals surface area contributed by atoms with Crippen LogP contribution in [0.4, 0.5) is 0 Å². The Kier molecular flexibility index (Phi) is 8.91. The van der Waals surface area contributed by atoms with Crippen LogP contribution in [0.5, 0.6) is 0 Å². The van der Waals surface area contributed by atoms with Crippen molar-refractivity contribution < 1.29 is 4.74 Å². The highest BCUT2D eigenvalue weighted by molar-refractivity contribution is 7.99. The maximum atomic E-state index is 5.01. The second-order valence-corrected chi connectivity index (χ2v) is 5.60. The average Bonchev–Trinajstić information content (AvgIpc) is 2.47. The van der Waals surface area contributed by atoms with Crippen LogP contribution in [-0.4, -0.2) is 45.6 Å². The van der Waals surface area contributed by atoms with Crippen molar-refractivity contribution in [1.29, 1.82) is 0 Å². The number of benzene rings is 1. The predicted molar refractivity (Wildman–Crippen MR) is 87.8 cm³/mol. The third-order valence-corrected chi connectivity index (χ3v) is 3.74. The molecule has 0 fully saturated rings. The van der Waals surface area contributed by atoms with Crippen molar-refractivity contribution in [3.05, 3.63) is 29.8 Å². The van der Waals surface area contributed by atoms with Gasteiger partial charge in [0.05, 0.1) is 0 Å². The summed E-state index contributed by atoms with van der Waals surface area (Å²) in [5, 5.41) is 6.57. The van der Waals surface area contributed by atoms with Crippen LogP contribution >= 0.6 is 11.8 Å². The minimum Gasteiger partial charge on any atom is -0.385 e. The molecule has 0 radical (unpaired) electrons. The number of thioether (sulfide) groups is 1. The van der Waals surface area contributed by atoms with Crippen molar-refractivity contribution in [2.24, 2.45) is 4.99 Å². The fourth-order valence-corrected chi connectivity index (χ4v) is 2.39. The van der Waals surface area contributed by atoms with Crippen LogP contribution in [0.25, 0.3) is 0 Å². The van der Waals surface area contributed by atoms with Gasteiger partial charge in [0.1, 0.15) is 0 Å². The van der Waals surface area contributed by atoms with Crippen molar-refractivity contribution >= 4 is 17.7 Å². The van der Waals surface area contributed by atoms with Gasteiger partial charge < -0.3 is 15.4 Å². The molecule has 0 aliphatic rings. The normalized spacial score (nSPS) is 11.4. The van der Waals surface area contributed by atoms with Gasteiger partial charge in [0.2, 0.25) is 0 Å². The zero-order chi connectivity index (χ0) is 14.6. The van der Waals surface area contributed by atoms with Crippen LogP contribution in [0.15, 0.2) is 34.2 Å². The van der Waals surface area contributed by atoms with E-state index in [1.807, 2.05) is 11.8 Å². The van der Waals surface area contributed by atoms with Crippen molar-refractivity contribution in [3.8, 4) is 0 Å². The van der Waals surface area contributed by atoms with E-state index in [4.69, 9.17) is 4.74 Å². The summed E-state index contributed by atoms with van der Waals surface area (Å²) in [5.41, 5.74) is 1.30. The maximum Gasteiger partial charge on any atom is 0.191 e. The van der Waals surface area contributed by atoms with Crippen LogP contribution in [0.2, 0.25) is 0 Å². The Morgan fingerprint density at radius 2 is 1.90 bits per heavy atom. The SMILES string of the molecule is CN=C(NCCCOC)NCCSc1ccc(C)cc1. The van der Waals surface area contributed by atoms with E-state index in [9.17, 15) is 0 Å². The van der Waals surface area contributed by atoms with Gasteiger partial charge in [-0.1, -0.05) is 17.7 Å². The molecule has 5 heteroatoms. The largest absolute Gasteiger partial charge is 0.385 e. The fourth-order valence-electron chi connectivity index (χ4n) is 1.62. The Hall–Kier alpha value is -1.20. The van der Waals surface area contributed by atoms with Crippen LogP contribution in [0, 0.1) is 6.92 Å². The number of nitrogens with zero attached hydrogens (tertiary/aromatic N) is 1. The van der Waals surface area contributed by atoms with Gasteiger partial charge in [-0.3, -0.25) is 4.99 Å². The molecule has 0 aromatic heterocycles. The molecular weight excluding hydrogens is 270 g/mol. The van der Waals surface area contributed by atoms with Crippen LogP contribution in [0.1, 0.15) is 12.0 Å². The zero-order valence-corrected chi connectivity index (χ0v) is 13.4. The number of nitrogens with one attached hydrogen (secondary N) is 2.